The zero-order valence-corrected chi connectivity index (χ0v) is 8.44. The van der Waals surface area contributed by atoms with Gasteiger partial charge in [-0.15, -0.1) is 0 Å². The molecule has 2 rings (SSSR count). The molecule has 1 aliphatic heterocycles. The highest BCUT2D eigenvalue weighted by Gasteiger charge is 2.41. The summed E-state index contributed by atoms with van der Waals surface area (Å²) in [6.07, 6.45) is 2.50. The van der Waals surface area contributed by atoms with Crippen LogP contribution in [-0.2, 0) is 4.79 Å². The van der Waals surface area contributed by atoms with Gasteiger partial charge in [-0.2, -0.15) is 0 Å². The molecule has 4 nitrogen and oxygen atoms in total. The predicted molar refractivity (Wildman–Crippen MR) is 52.3 cm³/mol. The minimum atomic E-state index is 0.280. The molecular formula is C10H16N2O2. The predicted octanol–water partition coefficient (Wildman–Crippen LogP) is 1.09. The summed E-state index contributed by atoms with van der Waals surface area (Å²) >= 11 is 0. The number of carbonyl (C=O) groups is 1. The van der Waals surface area contributed by atoms with E-state index in [2.05, 4.69) is 12.1 Å². The van der Waals surface area contributed by atoms with Gasteiger partial charge < -0.3 is 10.1 Å². The Bertz CT molecular complexity index is 265. The molecule has 2 fully saturated rings. The molecule has 0 aromatic heterocycles. The minimum absolute atomic E-state index is 0.280. The zero-order valence-electron chi connectivity index (χ0n) is 8.44. The molecule has 14 heavy (non-hydrogen) atoms. The highest BCUT2D eigenvalue weighted by atomic mass is 16.4. The van der Waals surface area contributed by atoms with Crippen molar-refractivity contribution in [2.24, 2.45) is 17.0 Å². The van der Waals surface area contributed by atoms with Crippen LogP contribution < -0.4 is 0 Å². The van der Waals surface area contributed by atoms with E-state index in [-0.39, 0.29) is 5.92 Å². The highest BCUT2D eigenvalue weighted by molar-refractivity contribution is 5.88. The number of likely N-dealkylation sites (tertiary alicyclic amines) is 1. The maximum absolute atomic E-state index is 11.8. The molecule has 2 aliphatic rings. The molecule has 4 heteroatoms. The van der Waals surface area contributed by atoms with Crippen LogP contribution in [0.5, 0.6) is 0 Å². The van der Waals surface area contributed by atoms with E-state index in [1.54, 1.807) is 0 Å². The third kappa shape index (κ3) is 1.74. The van der Waals surface area contributed by atoms with Crippen molar-refractivity contribution in [2.45, 2.75) is 26.2 Å². The van der Waals surface area contributed by atoms with Crippen LogP contribution in [0.3, 0.4) is 0 Å². The average Bonchev–Trinajstić information content (AvgIpc) is 2.95. The van der Waals surface area contributed by atoms with Crippen molar-refractivity contribution in [3.8, 4) is 0 Å². The van der Waals surface area contributed by atoms with Crippen molar-refractivity contribution >= 4 is 11.6 Å². The van der Waals surface area contributed by atoms with E-state index in [1.165, 1.54) is 0 Å². The molecule has 1 aliphatic carbocycles. The number of amides is 1. The highest BCUT2D eigenvalue weighted by Crippen LogP contribution is 2.39. The van der Waals surface area contributed by atoms with E-state index in [4.69, 9.17) is 5.21 Å². The van der Waals surface area contributed by atoms with Gasteiger partial charge in [0.15, 0.2) is 0 Å². The third-order valence-corrected chi connectivity index (χ3v) is 3.22. The van der Waals surface area contributed by atoms with Gasteiger partial charge in [-0.3, -0.25) is 4.79 Å². The number of nitrogens with zero attached hydrogens (tertiary/aromatic N) is 2. The van der Waals surface area contributed by atoms with Crippen molar-refractivity contribution in [3.63, 3.8) is 0 Å². The van der Waals surface area contributed by atoms with E-state index < -0.39 is 0 Å². The molecule has 1 saturated heterocycles. The lowest BCUT2D eigenvalue weighted by Crippen LogP contribution is -2.39. The Morgan fingerprint density at radius 3 is 2.50 bits per heavy atom. The third-order valence-electron chi connectivity index (χ3n) is 3.22. The van der Waals surface area contributed by atoms with Crippen molar-refractivity contribution in [1.82, 2.24) is 4.90 Å². The average molecular weight is 196 g/mol. The van der Waals surface area contributed by atoms with E-state index in [1.807, 2.05) is 4.90 Å². The number of carbonyl (C=O) groups excluding carboxylic acids is 1. The number of piperidine rings is 1. The molecule has 0 spiro atoms. The number of hydrogen-bond donors (Lipinski definition) is 1. The van der Waals surface area contributed by atoms with Gasteiger partial charge in [0.2, 0.25) is 5.91 Å². The molecule has 0 aromatic rings. The van der Waals surface area contributed by atoms with Gasteiger partial charge in [-0.05, 0) is 12.3 Å². The first-order valence-corrected chi connectivity index (χ1v) is 5.21. The summed E-state index contributed by atoms with van der Waals surface area (Å²) in [6, 6.07) is 0. The molecule has 1 amide bonds. The smallest absolute Gasteiger partial charge is 0.225 e. The Kier molecular flexibility index (Phi) is 2.44. The van der Waals surface area contributed by atoms with E-state index in [9.17, 15) is 4.79 Å². The minimum Gasteiger partial charge on any atom is -0.411 e. The molecular weight excluding hydrogens is 180 g/mol. The van der Waals surface area contributed by atoms with Crippen molar-refractivity contribution < 1.29 is 10.0 Å². The van der Waals surface area contributed by atoms with Crippen LogP contribution in [0, 0.1) is 11.8 Å². The fraction of sp³-hybridized carbons (Fsp3) is 0.800. The van der Waals surface area contributed by atoms with Gasteiger partial charge in [0.1, 0.15) is 0 Å². The van der Waals surface area contributed by atoms with Gasteiger partial charge in [0, 0.05) is 31.8 Å². The lowest BCUT2D eigenvalue weighted by atomic mass is 10.1. The summed E-state index contributed by atoms with van der Waals surface area (Å²) in [6.45, 7) is 3.57. The number of hydrogen-bond acceptors (Lipinski definition) is 3. The molecule has 2 atom stereocenters. The first-order chi connectivity index (χ1) is 6.72. The Hall–Kier alpha value is -1.06. The Balaban J connectivity index is 1.86. The standard InChI is InChI=1S/C10H16N2O2/c1-7-6-9(7)10(13)12-4-2-8(11-14)3-5-12/h7,9,14H,2-6H2,1H3. The van der Waals surface area contributed by atoms with Crippen LogP contribution in [0.1, 0.15) is 26.2 Å². The lowest BCUT2D eigenvalue weighted by Gasteiger charge is -2.27. The Labute approximate surface area is 83.6 Å². The molecule has 0 aromatic carbocycles. The zero-order chi connectivity index (χ0) is 10.1. The molecule has 78 valence electrons. The molecule has 1 heterocycles. The maximum Gasteiger partial charge on any atom is 0.225 e. The quantitative estimate of drug-likeness (QED) is 0.504. The lowest BCUT2D eigenvalue weighted by molar-refractivity contribution is -0.133. The number of rotatable bonds is 1. The maximum atomic E-state index is 11.8. The van der Waals surface area contributed by atoms with Crippen molar-refractivity contribution in [3.05, 3.63) is 0 Å². The van der Waals surface area contributed by atoms with E-state index >= 15 is 0 Å². The van der Waals surface area contributed by atoms with Gasteiger partial charge >= 0.3 is 0 Å². The summed E-state index contributed by atoms with van der Waals surface area (Å²) in [5, 5.41) is 11.8. The second-order valence-corrected chi connectivity index (χ2v) is 4.31. The van der Waals surface area contributed by atoms with E-state index in [0.717, 1.165) is 38.1 Å². The summed E-state index contributed by atoms with van der Waals surface area (Å²) in [7, 11) is 0. The van der Waals surface area contributed by atoms with Crippen LogP contribution in [-0.4, -0.2) is 34.8 Å². The largest absolute Gasteiger partial charge is 0.411 e. The molecule has 1 saturated carbocycles. The second-order valence-electron chi connectivity index (χ2n) is 4.31. The summed E-state index contributed by atoms with van der Waals surface area (Å²) in [5.74, 6) is 1.16. The summed E-state index contributed by atoms with van der Waals surface area (Å²) < 4.78 is 0. The van der Waals surface area contributed by atoms with E-state index in [0.29, 0.717) is 11.8 Å². The van der Waals surface area contributed by atoms with Gasteiger partial charge in [0.05, 0.1) is 5.71 Å². The van der Waals surface area contributed by atoms with Crippen LogP contribution in [0.2, 0.25) is 0 Å². The van der Waals surface area contributed by atoms with Crippen molar-refractivity contribution in [1.29, 1.82) is 0 Å². The molecule has 0 bridgehead atoms. The van der Waals surface area contributed by atoms with Crippen LogP contribution in [0.4, 0.5) is 0 Å². The first kappa shape index (κ1) is 9.49. The number of oxime groups is 1. The fourth-order valence-corrected chi connectivity index (χ4v) is 1.99. The Morgan fingerprint density at radius 1 is 1.50 bits per heavy atom. The van der Waals surface area contributed by atoms with Crippen LogP contribution in [0.15, 0.2) is 5.16 Å². The van der Waals surface area contributed by atoms with Crippen LogP contribution in [0.25, 0.3) is 0 Å². The second kappa shape index (κ2) is 3.59. The molecule has 2 unspecified atom stereocenters. The topological polar surface area (TPSA) is 52.9 Å². The van der Waals surface area contributed by atoms with Gasteiger partial charge in [-0.25, -0.2) is 0 Å². The fourth-order valence-electron chi connectivity index (χ4n) is 1.99. The van der Waals surface area contributed by atoms with Crippen LogP contribution >= 0.6 is 0 Å². The Morgan fingerprint density at radius 2 is 2.07 bits per heavy atom. The normalized spacial score (nSPS) is 31.5. The van der Waals surface area contributed by atoms with Gasteiger partial charge in [-0.1, -0.05) is 12.1 Å². The monoisotopic (exact) mass is 196 g/mol. The first-order valence-electron chi connectivity index (χ1n) is 5.21. The summed E-state index contributed by atoms with van der Waals surface area (Å²) in [5.41, 5.74) is 0.817. The summed E-state index contributed by atoms with van der Waals surface area (Å²) in [4.78, 5) is 13.7. The molecule has 1 N–H and O–H groups in total. The molecule has 0 radical (unpaired) electrons. The SMILES string of the molecule is CC1CC1C(=O)N1CCC(=NO)CC1. The van der Waals surface area contributed by atoms with Crippen molar-refractivity contribution in [2.75, 3.05) is 13.1 Å². The van der Waals surface area contributed by atoms with Gasteiger partial charge in [0.25, 0.3) is 0 Å².